The van der Waals surface area contributed by atoms with Crippen molar-refractivity contribution < 1.29 is 0 Å². The van der Waals surface area contributed by atoms with Crippen molar-refractivity contribution >= 4 is 11.3 Å². The van der Waals surface area contributed by atoms with Gasteiger partial charge in [-0.05, 0) is 39.7 Å². The second kappa shape index (κ2) is 6.47. The number of hydrogen-bond donors (Lipinski definition) is 2. The zero-order chi connectivity index (χ0) is 12.1. The monoisotopic (exact) mass is 253 g/mol. The van der Waals surface area contributed by atoms with Crippen LogP contribution in [0.4, 0.5) is 0 Å². The zero-order valence-corrected chi connectivity index (χ0v) is 11.6. The van der Waals surface area contributed by atoms with Crippen LogP contribution in [0.1, 0.15) is 43.3 Å². The van der Waals surface area contributed by atoms with E-state index in [4.69, 9.17) is 0 Å². The molecule has 0 radical (unpaired) electrons. The van der Waals surface area contributed by atoms with E-state index in [1.165, 1.54) is 37.9 Å². The lowest BCUT2D eigenvalue weighted by molar-refractivity contribution is 0.344. The van der Waals surface area contributed by atoms with Gasteiger partial charge in [0.15, 0.2) is 0 Å². The van der Waals surface area contributed by atoms with E-state index in [-0.39, 0.29) is 0 Å². The smallest absolute Gasteiger partial charge is 0.0897 e. The first-order valence-electron chi connectivity index (χ1n) is 6.62. The molecule has 1 aliphatic rings. The lowest BCUT2D eigenvalue weighted by atomic mass is 9.99. The first kappa shape index (κ1) is 13.0. The Morgan fingerprint density at radius 1 is 1.59 bits per heavy atom. The lowest BCUT2D eigenvalue weighted by Crippen LogP contribution is -2.39. The summed E-state index contributed by atoms with van der Waals surface area (Å²) in [6.45, 7) is 6.43. The normalized spacial score (nSPS) is 22.6. The fraction of sp³-hybridized carbons (Fsp3) is 0.769. The average molecular weight is 253 g/mol. The number of hydrogen-bond acceptors (Lipinski definition) is 4. The standard InChI is InChI=1S/C13H23N3S/c1-10(7-12-5-3-4-6-14-12)15-8-13-9-17-11(2)16-13/h9-10,12,14-15H,3-8H2,1-2H3. The quantitative estimate of drug-likeness (QED) is 0.846. The summed E-state index contributed by atoms with van der Waals surface area (Å²) in [7, 11) is 0. The number of nitrogens with one attached hydrogen (secondary N) is 2. The van der Waals surface area contributed by atoms with Crippen molar-refractivity contribution in [1.29, 1.82) is 0 Å². The predicted octanol–water partition coefficient (Wildman–Crippen LogP) is 2.46. The Kier molecular flexibility index (Phi) is 4.95. The number of aryl methyl sites for hydroxylation is 1. The van der Waals surface area contributed by atoms with Gasteiger partial charge in [0.2, 0.25) is 0 Å². The summed E-state index contributed by atoms with van der Waals surface area (Å²) in [5.74, 6) is 0. The summed E-state index contributed by atoms with van der Waals surface area (Å²) in [4.78, 5) is 4.47. The Morgan fingerprint density at radius 2 is 2.47 bits per heavy atom. The minimum atomic E-state index is 0.563. The molecule has 0 spiro atoms. The van der Waals surface area contributed by atoms with Crippen LogP contribution in [0.2, 0.25) is 0 Å². The SMILES string of the molecule is Cc1nc(CNC(C)CC2CCCCN2)cs1. The second-order valence-corrected chi connectivity index (χ2v) is 6.08. The molecule has 3 nitrogen and oxygen atoms in total. The van der Waals surface area contributed by atoms with E-state index in [1.54, 1.807) is 11.3 Å². The van der Waals surface area contributed by atoms with Gasteiger partial charge in [-0.1, -0.05) is 6.42 Å². The molecule has 2 unspecified atom stereocenters. The number of piperidine rings is 1. The van der Waals surface area contributed by atoms with Crippen molar-refractivity contribution in [2.24, 2.45) is 0 Å². The van der Waals surface area contributed by atoms with E-state index in [1.807, 2.05) is 0 Å². The van der Waals surface area contributed by atoms with Crippen LogP contribution in [0.5, 0.6) is 0 Å². The highest BCUT2D eigenvalue weighted by atomic mass is 32.1. The highest BCUT2D eigenvalue weighted by Gasteiger charge is 2.15. The fourth-order valence-corrected chi connectivity index (χ4v) is 3.02. The molecule has 96 valence electrons. The van der Waals surface area contributed by atoms with Crippen molar-refractivity contribution in [1.82, 2.24) is 15.6 Å². The van der Waals surface area contributed by atoms with Crippen molar-refractivity contribution in [2.75, 3.05) is 6.54 Å². The minimum Gasteiger partial charge on any atom is -0.314 e. The molecule has 1 saturated heterocycles. The van der Waals surface area contributed by atoms with E-state index < -0.39 is 0 Å². The van der Waals surface area contributed by atoms with E-state index in [0.717, 1.165) is 11.6 Å². The minimum absolute atomic E-state index is 0.563. The van der Waals surface area contributed by atoms with Crippen molar-refractivity contribution in [2.45, 2.75) is 58.2 Å². The molecule has 2 N–H and O–H groups in total. The molecule has 0 saturated carbocycles. The molecule has 4 heteroatoms. The highest BCUT2D eigenvalue weighted by Crippen LogP contribution is 2.12. The van der Waals surface area contributed by atoms with Crippen LogP contribution in [-0.4, -0.2) is 23.6 Å². The number of nitrogens with zero attached hydrogens (tertiary/aromatic N) is 1. The summed E-state index contributed by atoms with van der Waals surface area (Å²) >= 11 is 1.73. The van der Waals surface area contributed by atoms with Gasteiger partial charge in [0.25, 0.3) is 0 Å². The van der Waals surface area contributed by atoms with Gasteiger partial charge < -0.3 is 10.6 Å². The lowest BCUT2D eigenvalue weighted by Gasteiger charge is -2.26. The zero-order valence-electron chi connectivity index (χ0n) is 10.8. The van der Waals surface area contributed by atoms with Crippen LogP contribution in [-0.2, 0) is 6.54 Å². The summed E-state index contributed by atoms with van der Waals surface area (Å²) in [6.07, 6.45) is 5.29. The van der Waals surface area contributed by atoms with Crippen LogP contribution >= 0.6 is 11.3 Å². The summed E-state index contributed by atoms with van der Waals surface area (Å²) in [6, 6.07) is 1.27. The van der Waals surface area contributed by atoms with Crippen LogP contribution in [0.25, 0.3) is 0 Å². The maximum absolute atomic E-state index is 4.47. The van der Waals surface area contributed by atoms with E-state index in [0.29, 0.717) is 12.1 Å². The molecule has 17 heavy (non-hydrogen) atoms. The summed E-state index contributed by atoms with van der Waals surface area (Å²) in [5, 5.41) is 10.5. The Morgan fingerprint density at radius 3 is 3.12 bits per heavy atom. The second-order valence-electron chi connectivity index (χ2n) is 5.02. The molecule has 2 rings (SSSR count). The molecule has 0 bridgehead atoms. The van der Waals surface area contributed by atoms with Crippen LogP contribution < -0.4 is 10.6 Å². The van der Waals surface area contributed by atoms with Gasteiger partial charge in [-0.3, -0.25) is 0 Å². The number of aromatic nitrogens is 1. The van der Waals surface area contributed by atoms with Gasteiger partial charge in [-0.25, -0.2) is 4.98 Å². The molecule has 0 amide bonds. The Hall–Kier alpha value is -0.450. The molecule has 2 atom stereocenters. The number of thiazole rings is 1. The third-order valence-corrected chi connectivity index (χ3v) is 4.17. The molecule has 1 aliphatic heterocycles. The molecule has 0 aliphatic carbocycles. The van der Waals surface area contributed by atoms with Gasteiger partial charge in [-0.2, -0.15) is 0 Å². The largest absolute Gasteiger partial charge is 0.314 e. The first-order valence-corrected chi connectivity index (χ1v) is 7.50. The molecule has 1 fully saturated rings. The fourth-order valence-electron chi connectivity index (χ4n) is 2.40. The van der Waals surface area contributed by atoms with E-state index >= 15 is 0 Å². The van der Waals surface area contributed by atoms with Gasteiger partial charge in [0.1, 0.15) is 0 Å². The molecule has 1 aromatic rings. The van der Waals surface area contributed by atoms with Crippen LogP contribution in [0, 0.1) is 6.92 Å². The molecule has 1 aromatic heterocycles. The van der Waals surface area contributed by atoms with E-state index in [2.05, 4.69) is 34.8 Å². The Balaban J connectivity index is 1.68. The topological polar surface area (TPSA) is 37.0 Å². The van der Waals surface area contributed by atoms with Crippen molar-refractivity contribution in [3.63, 3.8) is 0 Å². The highest BCUT2D eigenvalue weighted by molar-refractivity contribution is 7.09. The molecule has 2 heterocycles. The number of rotatable bonds is 5. The summed E-state index contributed by atoms with van der Waals surface area (Å²) in [5.41, 5.74) is 1.18. The third-order valence-electron chi connectivity index (χ3n) is 3.35. The van der Waals surface area contributed by atoms with Gasteiger partial charge in [-0.15, -0.1) is 11.3 Å². The van der Waals surface area contributed by atoms with Crippen molar-refractivity contribution in [3.05, 3.63) is 16.1 Å². The maximum atomic E-state index is 4.47. The third kappa shape index (κ3) is 4.37. The Labute approximate surface area is 108 Å². The predicted molar refractivity (Wildman–Crippen MR) is 73.4 cm³/mol. The maximum Gasteiger partial charge on any atom is 0.0897 e. The summed E-state index contributed by atoms with van der Waals surface area (Å²) < 4.78 is 0. The van der Waals surface area contributed by atoms with Crippen molar-refractivity contribution in [3.8, 4) is 0 Å². The first-order chi connectivity index (χ1) is 8.24. The van der Waals surface area contributed by atoms with Gasteiger partial charge in [0.05, 0.1) is 10.7 Å². The molecule has 0 aromatic carbocycles. The van der Waals surface area contributed by atoms with Gasteiger partial charge >= 0.3 is 0 Å². The van der Waals surface area contributed by atoms with Crippen LogP contribution in [0.3, 0.4) is 0 Å². The van der Waals surface area contributed by atoms with Crippen LogP contribution in [0.15, 0.2) is 5.38 Å². The van der Waals surface area contributed by atoms with E-state index in [9.17, 15) is 0 Å². The molecular formula is C13H23N3S. The Bertz CT molecular complexity index is 331. The average Bonchev–Trinajstić information content (AvgIpc) is 2.74. The molecular weight excluding hydrogens is 230 g/mol. The van der Waals surface area contributed by atoms with Gasteiger partial charge in [0, 0.05) is 24.0 Å².